The number of benzene rings is 1. The lowest BCUT2D eigenvalue weighted by Crippen LogP contribution is -2.18. The van der Waals surface area contributed by atoms with Gasteiger partial charge in [-0.15, -0.1) is 11.8 Å². The number of carboxylic acids is 1. The van der Waals surface area contributed by atoms with E-state index in [1.54, 1.807) is 6.07 Å². The van der Waals surface area contributed by atoms with E-state index in [0.29, 0.717) is 16.5 Å². The van der Waals surface area contributed by atoms with Gasteiger partial charge in [0.2, 0.25) is 0 Å². The van der Waals surface area contributed by atoms with E-state index in [4.69, 9.17) is 5.41 Å². The molecule has 0 aromatic heterocycles. The molecule has 2 rings (SSSR count). The van der Waals surface area contributed by atoms with Crippen LogP contribution in [-0.2, 0) is 6.42 Å². The summed E-state index contributed by atoms with van der Waals surface area (Å²) in [5, 5.41) is 18.0. The predicted molar refractivity (Wildman–Crippen MR) is 84.5 cm³/mol. The van der Waals surface area contributed by atoms with Gasteiger partial charge in [-0.1, -0.05) is 13.3 Å². The highest BCUT2D eigenvalue weighted by atomic mass is 32.2. The normalized spacial score (nSPS) is 14.9. The summed E-state index contributed by atoms with van der Waals surface area (Å²) < 4.78 is 0. The fourth-order valence-corrected chi connectivity index (χ4v) is 3.43. The monoisotopic (exact) mass is 291 g/mol. The second-order valence-corrected chi connectivity index (χ2v) is 6.13. The van der Waals surface area contributed by atoms with Gasteiger partial charge >= 0.3 is 5.97 Å². The summed E-state index contributed by atoms with van der Waals surface area (Å²) in [4.78, 5) is 11.5. The number of rotatable bonds is 4. The minimum Gasteiger partial charge on any atom is -0.478 e. The maximum atomic E-state index is 11.5. The number of thioether (sulfide) groups is 1. The van der Waals surface area contributed by atoms with Gasteiger partial charge in [0.25, 0.3) is 0 Å². The van der Waals surface area contributed by atoms with Crippen molar-refractivity contribution in [1.82, 2.24) is 0 Å². The van der Waals surface area contributed by atoms with E-state index in [1.807, 2.05) is 20.1 Å². The van der Waals surface area contributed by atoms with Crippen LogP contribution in [0.2, 0.25) is 0 Å². The van der Waals surface area contributed by atoms with Crippen LogP contribution < -0.4 is 0 Å². The van der Waals surface area contributed by atoms with E-state index in [2.05, 4.69) is 0 Å². The summed E-state index contributed by atoms with van der Waals surface area (Å²) in [6.45, 7) is 4.02. The number of carbonyl (C=O) groups is 1. The van der Waals surface area contributed by atoms with Crippen LogP contribution in [0.15, 0.2) is 6.07 Å². The number of carboxylic acid groups (broad SMARTS) is 1. The first-order valence-corrected chi connectivity index (χ1v) is 8.26. The summed E-state index contributed by atoms with van der Waals surface area (Å²) in [5.41, 5.74) is 4.43. The Labute approximate surface area is 124 Å². The molecule has 0 saturated heterocycles. The van der Waals surface area contributed by atoms with Gasteiger partial charge in [0.15, 0.2) is 0 Å². The van der Waals surface area contributed by atoms with Gasteiger partial charge in [0.05, 0.1) is 10.6 Å². The first-order valence-electron chi connectivity index (χ1n) is 7.03. The molecule has 1 aliphatic rings. The molecular weight excluding hydrogens is 270 g/mol. The molecule has 1 aromatic rings. The van der Waals surface area contributed by atoms with Crippen molar-refractivity contribution in [2.75, 3.05) is 6.26 Å². The third kappa shape index (κ3) is 2.49. The highest BCUT2D eigenvalue weighted by Crippen LogP contribution is 2.42. The molecule has 1 aliphatic carbocycles. The van der Waals surface area contributed by atoms with Crippen LogP contribution in [0, 0.1) is 12.3 Å². The van der Waals surface area contributed by atoms with E-state index in [0.717, 1.165) is 36.0 Å². The lowest BCUT2D eigenvalue weighted by molar-refractivity contribution is 0.0695. The Bertz CT molecular complexity index is 562. The van der Waals surface area contributed by atoms with E-state index < -0.39 is 5.97 Å². The molecule has 0 aliphatic heterocycles. The molecule has 1 fully saturated rings. The SMILES string of the molecule is CCc1c(C(=O)O)cc(C(=N)SC)c(C2CCC2)c1C. The standard InChI is InChI=1S/C16H21NO2S/c1-4-11-9(2)14(10-6-5-7-10)13(15(17)20-3)8-12(11)16(18)19/h8,10,17H,4-7H2,1-3H3,(H,18,19). The van der Waals surface area contributed by atoms with Gasteiger partial charge in [-0.05, 0) is 61.1 Å². The largest absolute Gasteiger partial charge is 0.478 e. The lowest BCUT2D eigenvalue weighted by atomic mass is 9.74. The minimum absolute atomic E-state index is 0.363. The van der Waals surface area contributed by atoms with Gasteiger partial charge in [0, 0.05) is 5.56 Å². The zero-order chi connectivity index (χ0) is 14.9. The molecule has 108 valence electrons. The highest BCUT2D eigenvalue weighted by molar-refractivity contribution is 8.13. The fourth-order valence-electron chi connectivity index (χ4n) is 3.04. The van der Waals surface area contributed by atoms with Gasteiger partial charge < -0.3 is 5.11 Å². The second-order valence-electron chi connectivity index (χ2n) is 5.31. The van der Waals surface area contributed by atoms with E-state index >= 15 is 0 Å². The maximum Gasteiger partial charge on any atom is 0.335 e. The number of nitrogens with one attached hydrogen (secondary N) is 1. The molecule has 0 unspecified atom stereocenters. The van der Waals surface area contributed by atoms with Crippen LogP contribution in [0.4, 0.5) is 0 Å². The van der Waals surface area contributed by atoms with Gasteiger partial charge in [-0.25, -0.2) is 4.79 Å². The van der Waals surface area contributed by atoms with Gasteiger partial charge in [-0.2, -0.15) is 0 Å². The van der Waals surface area contributed by atoms with Crippen LogP contribution in [-0.4, -0.2) is 22.4 Å². The Kier molecular flexibility index (Phi) is 4.53. The zero-order valence-electron chi connectivity index (χ0n) is 12.2. The number of aromatic carboxylic acids is 1. The molecule has 20 heavy (non-hydrogen) atoms. The molecule has 0 atom stereocenters. The van der Waals surface area contributed by atoms with E-state index in [-0.39, 0.29) is 0 Å². The molecule has 0 bridgehead atoms. The molecule has 0 radical (unpaired) electrons. The quantitative estimate of drug-likeness (QED) is 0.645. The molecule has 3 nitrogen and oxygen atoms in total. The van der Waals surface area contributed by atoms with Crippen LogP contribution in [0.25, 0.3) is 0 Å². The van der Waals surface area contributed by atoms with Crippen molar-refractivity contribution in [3.8, 4) is 0 Å². The van der Waals surface area contributed by atoms with Crippen LogP contribution in [0.1, 0.15) is 64.7 Å². The van der Waals surface area contributed by atoms with Gasteiger partial charge in [0.1, 0.15) is 0 Å². The highest BCUT2D eigenvalue weighted by Gasteiger charge is 2.28. The second kappa shape index (κ2) is 6.00. The van der Waals surface area contributed by atoms with Crippen molar-refractivity contribution in [1.29, 1.82) is 5.41 Å². The third-order valence-electron chi connectivity index (χ3n) is 4.31. The summed E-state index contributed by atoms with van der Waals surface area (Å²) in [6, 6.07) is 1.72. The Balaban J connectivity index is 2.69. The minimum atomic E-state index is -0.889. The predicted octanol–water partition coefficient (Wildman–Crippen LogP) is 4.21. The number of hydrogen-bond donors (Lipinski definition) is 2. The van der Waals surface area contributed by atoms with Crippen molar-refractivity contribution in [2.45, 2.75) is 45.4 Å². The summed E-state index contributed by atoms with van der Waals surface area (Å²) in [6.07, 6.45) is 6.14. The molecule has 0 heterocycles. The molecule has 4 heteroatoms. The third-order valence-corrected chi connectivity index (χ3v) is 4.93. The van der Waals surface area contributed by atoms with Crippen LogP contribution >= 0.6 is 11.8 Å². The summed E-state index contributed by atoms with van der Waals surface area (Å²) in [7, 11) is 0. The lowest BCUT2D eigenvalue weighted by Gasteiger charge is -2.31. The van der Waals surface area contributed by atoms with Crippen molar-refractivity contribution < 1.29 is 9.90 Å². The molecular formula is C16H21NO2S. The maximum absolute atomic E-state index is 11.5. The topological polar surface area (TPSA) is 61.1 Å². The Morgan fingerprint density at radius 1 is 1.45 bits per heavy atom. The summed E-state index contributed by atoms with van der Waals surface area (Å²) in [5.74, 6) is -0.383. The van der Waals surface area contributed by atoms with Gasteiger partial charge in [-0.3, -0.25) is 5.41 Å². The van der Waals surface area contributed by atoms with Crippen molar-refractivity contribution in [2.24, 2.45) is 0 Å². The van der Waals surface area contributed by atoms with Crippen molar-refractivity contribution >= 4 is 22.8 Å². The molecule has 2 N–H and O–H groups in total. The fraction of sp³-hybridized carbons (Fsp3) is 0.500. The summed E-state index contributed by atoms with van der Waals surface area (Å²) >= 11 is 1.38. The number of hydrogen-bond acceptors (Lipinski definition) is 3. The zero-order valence-corrected chi connectivity index (χ0v) is 13.1. The average molecular weight is 291 g/mol. The first kappa shape index (κ1) is 15.1. The first-order chi connectivity index (χ1) is 9.51. The Morgan fingerprint density at radius 3 is 2.50 bits per heavy atom. The Morgan fingerprint density at radius 2 is 2.10 bits per heavy atom. The van der Waals surface area contributed by atoms with E-state index in [9.17, 15) is 9.90 Å². The van der Waals surface area contributed by atoms with E-state index in [1.165, 1.54) is 23.7 Å². The average Bonchev–Trinajstić information content (AvgIpc) is 2.37. The molecule has 0 amide bonds. The van der Waals surface area contributed by atoms with Crippen LogP contribution in [0.5, 0.6) is 0 Å². The molecule has 1 aromatic carbocycles. The smallest absolute Gasteiger partial charge is 0.335 e. The van der Waals surface area contributed by atoms with Crippen molar-refractivity contribution in [3.63, 3.8) is 0 Å². The molecule has 1 saturated carbocycles. The Hall–Kier alpha value is -1.29. The van der Waals surface area contributed by atoms with Crippen LogP contribution in [0.3, 0.4) is 0 Å². The van der Waals surface area contributed by atoms with Crippen molar-refractivity contribution in [3.05, 3.63) is 33.9 Å². The molecule has 0 spiro atoms.